The number of benzene rings is 1. The van der Waals surface area contributed by atoms with Crippen LogP contribution in [0.3, 0.4) is 0 Å². The Labute approximate surface area is 111 Å². The molecule has 2 aromatic rings. The molecule has 19 heavy (non-hydrogen) atoms. The third-order valence-electron chi connectivity index (χ3n) is 2.32. The predicted octanol–water partition coefficient (Wildman–Crippen LogP) is 1.95. The maximum atomic E-state index is 12.0. The van der Waals surface area contributed by atoms with Gasteiger partial charge in [0, 0.05) is 14.1 Å². The van der Waals surface area contributed by atoms with Crippen molar-refractivity contribution in [3.05, 3.63) is 42.9 Å². The molecule has 0 spiro atoms. The smallest absolute Gasteiger partial charge is 0.242 e. The first-order valence-corrected chi connectivity index (χ1v) is 6.83. The molecular formula is C11H13N5O2S. The lowest BCUT2D eigenvalue weighted by Gasteiger charge is -2.12. The molecule has 0 unspecified atom stereocenters. The van der Waals surface area contributed by atoms with Crippen molar-refractivity contribution in [2.24, 2.45) is 10.2 Å². The van der Waals surface area contributed by atoms with Gasteiger partial charge in [0.05, 0.1) is 11.9 Å². The van der Waals surface area contributed by atoms with Crippen molar-refractivity contribution in [1.82, 2.24) is 13.3 Å². The summed E-state index contributed by atoms with van der Waals surface area (Å²) in [6.45, 7) is 0. The topological polar surface area (TPSA) is 79.9 Å². The van der Waals surface area contributed by atoms with Crippen molar-refractivity contribution >= 4 is 21.7 Å². The fourth-order valence-corrected chi connectivity index (χ4v) is 2.15. The van der Waals surface area contributed by atoms with Gasteiger partial charge < -0.3 is 0 Å². The van der Waals surface area contributed by atoms with E-state index in [4.69, 9.17) is 0 Å². The minimum Gasteiger partial charge on any atom is -0.242 e. The molecule has 1 aromatic heterocycles. The number of rotatable bonds is 4. The summed E-state index contributed by atoms with van der Waals surface area (Å²) >= 11 is 0. The molecule has 0 aliphatic carbocycles. The average molecular weight is 279 g/mol. The van der Waals surface area contributed by atoms with E-state index in [1.165, 1.54) is 26.6 Å². The number of imidazole rings is 1. The molecular weight excluding hydrogens is 266 g/mol. The average Bonchev–Trinajstić information content (AvgIpc) is 2.86. The molecule has 0 N–H and O–H groups in total. The van der Waals surface area contributed by atoms with Gasteiger partial charge in [0.15, 0.2) is 5.82 Å². The van der Waals surface area contributed by atoms with E-state index in [2.05, 4.69) is 15.2 Å². The number of azo groups is 1. The second kappa shape index (κ2) is 5.29. The monoisotopic (exact) mass is 279 g/mol. The van der Waals surface area contributed by atoms with E-state index in [1.54, 1.807) is 12.1 Å². The summed E-state index contributed by atoms with van der Waals surface area (Å²) in [5.74, 6) is 0.151. The first kappa shape index (κ1) is 13.4. The largest absolute Gasteiger partial charge is 0.310 e. The van der Waals surface area contributed by atoms with Crippen molar-refractivity contribution in [2.45, 2.75) is 0 Å². The van der Waals surface area contributed by atoms with Crippen LogP contribution in [0.25, 0.3) is 0 Å². The molecule has 0 amide bonds. The fourth-order valence-electron chi connectivity index (χ4n) is 1.30. The Balaban J connectivity index is 2.34. The second-order valence-corrected chi connectivity index (χ2v) is 5.89. The molecule has 0 aliphatic rings. The van der Waals surface area contributed by atoms with Crippen LogP contribution in [0, 0.1) is 0 Å². The van der Waals surface area contributed by atoms with Crippen LogP contribution in [-0.2, 0) is 10.2 Å². The van der Waals surface area contributed by atoms with Gasteiger partial charge in [-0.15, -0.1) is 10.2 Å². The summed E-state index contributed by atoms with van der Waals surface area (Å²) in [7, 11) is -0.759. The lowest BCUT2D eigenvalue weighted by molar-refractivity contribution is 0.511. The molecule has 0 saturated heterocycles. The van der Waals surface area contributed by atoms with Crippen molar-refractivity contribution in [3.63, 3.8) is 0 Å². The molecule has 1 heterocycles. The Kier molecular flexibility index (Phi) is 3.72. The van der Waals surface area contributed by atoms with Gasteiger partial charge in [0.2, 0.25) is 0 Å². The quantitative estimate of drug-likeness (QED) is 0.802. The summed E-state index contributed by atoms with van der Waals surface area (Å²) in [5, 5.41) is 7.87. The number of hydrogen-bond acceptors (Lipinski definition) is 5. The van der Waals surface area contributed by atoms with Crippen LogP contribution in [0.5, 0.6) is 0 Å². The Morgan fingerprint density at radius 3 is 2.47 bits per heavy atom. The van der Waals surface area contributed by atoms with Gasteiger partial charge in [-0.3, -0.25) is 0 Å². The van der Waals surface area contributed by atoms with E-state index < -0.39 is 10.2 Å². The Morgan fingerprint density at radius 2 is 1.84 bits per heavy atom. The molecule has 8 heteroatoms. The van der Waals surface area contributed by atoms with Gasteiger partial charge in [0.1, 0.15) is 6.33 Å². The zero-order chi connectivity index (χ0) is 13.9. The zero-order valence-corrected chi connectivity index (χ0v) is 11.3. The van der Waals surface area contributed by atoms with Crippen LogP contribution >= 0.6 is 0 Å². The van der Waals surface area contributed by atoms with Gasteiger partial charge >= 0.3 is 10.2 Å². The molecule has 0 bridgehead atoms. The Hall–Kier alpha value is -2.06. The van der Waals surface area contributed by atoms with E-state index >= 15 is 0 Å². The minimum absolute atomic E-state index is 0.151. The predicted molar refractivity (Wildman–Crippen MR) is 70.8 cm³/mol. The number of aromatic nitrogens is 2. The molecule has 100 valence electrons. The summed E-state index contributed by atoms with van der Waals surface area (Å²) in [6, 6.07) is 9.04. The van der Waals surface area contributed by atoms with Crippen molar-refractivity contribution in [2.75, 3.05) is 14.1 Å². The third kappa shape index (κ3) is 2.85. The first-order chi connectivity index (χ1) is 9.01. The normalized spacial score (nSPS) is 12.4. The van der Waals surface area contributed by atoms with Crippen molar-refractivity contribution < 1.29 is 8.42 Å². The molecule has 1 aromatic carbocycles. The molecule has 0 saturated carbocycles. The lowest BCUT2D eigenvalue weighted by Crippen LogP contribution is -2.28. The van der Waals surface area contributed by atoms with Gasteiger partial charge in [-0.2, -0.15) is 16.7 Å². The first-order valence-electron chi connectivity index (χ1n) is 5.44. The Bertz CT molecular complexity index is 676. The highest BCUT2D eigenvalue weighted by Gasteiger charge is 2.19. The van der Waals surface area contributed by atoms with Gasteiger partial charge in [-0.25, -0.2) is 4.98 Å². The maximum absolute atomic E-state index is 12.0. The van der Waals surface area contributed by atoms with Crippen LogP contribution in [0.2, 0.25) is 0 Å². The van der Waals surface area contributed by atoms with Crippen LogP contribution in [0.15, 0.2) is 53.1 Å². The number of nitrogens with zero attached hydrogens (tertiary/aromatic N) is 5. The van der Waals surface area contributed by atoms with Crippen molar-refractivity contribution in [3.8, 4) is 0 Å². The van der Waals surface area contributed by atoms with Gasteiger partial charge in [-0.05, 0) is 12.1 Å². The summed E-state index contributed by atoms with van der Waals surface area (Å²) in [5.41, 5.74) is 0.637. The molecule has 7 nitrogen and oxygen atoms in total. The lowest BCUT2D eigenvalue weighted by atomic mass is 10.3. The standard InChI is InChI=1S/C11H13N5O2S/c1-15(2)19(17,18)16-9-12-8-11(16)14-13-10-6-4-3-5-7-10/h3-9H,1-2H3. The van der Waals surface area contributed by atoms with Crippen LogP contribution in [0.4, 0.5) is 11.5 Å². The van der Waals surface area contributed by atoms with E-state index in [1.807, 2.05) is 18.2 Å². The second-order valence-electron chi connectivity index (χ2n) is 3.87. The summed E-state index contributed by atoms with van der Waals surface area (Å²) < 4.78 is 26.0. The van der Waals surface area contributed by atoms with E-state index in [0.29, 0.717) is 5.69 Å². The summed E-state index contributed by atoms with van der Waals surface area (Å²) in [4.78, 5) is 3.79. The maximum Gasteiger partial charge on any atom is 0.310 e. The van der Waals surface area contributed by atoms with E-state index in [9.17, 15) is 8.42 Å². The molecule has 2 rings (SSSR count). The minimum atomic E-state index is -3.63. The molecule has 0 atom stereocenters. The van der Waals surface area contributed by atoms with Crippen LogP contribution in [0.1, 0.15) is 0 Å². The van der Waals surface area contributed by atoms with Gasteiger partial charge in [0.25, 0.3) is 0 Å². The Morgan fingerprint density at radius 1 is 1.16 bits per heavy atom. The highest BCUT2D eigenvalue weighted by molar-refractivity contribution is 7.87. The fraction of sp³-hybridized carbons (Fsp3) is 0.182. The van der Waals surface area contributed by atoms with Crippen LogP contribution in [-0.4, -0.2) is 35.8 Å². The van der Waals surface area contributed by atoms with E-state index in [-0.39, 0.29) is 5.82 Å². The van der Waals surface area contributed by atoms with Gasteiger partial charge in [-0.1, -0.05) is 18.2 Å². The third-order valence-corrected chi connectivity index (χ3v) is 4.02. The van der Waals surface area contributed by atoms with Crippen molar-refractivity contribution in [1.29, 1.82) is 0 Å². The number of hydrogen-bond donors (Lipinski definition) is 0. The molecule has 0 fully saturated rings. The van der Waals surface area contributed by atoms with Crippen LogP contribution < -0.4 is 0 Å². The highest BCUT2D eigenvalue weighted by Crippen LogP contribution is 2.19. The SMILES string of the molecule is CN(C)S(=O)(=O)n1cncc1N=Nc1ccccc1. The molecule has 0 aliphatic heterocycles. The summed E-state index contributed by atoms with van der Waals surface area (Å²) in [6.07, 6.45) is 2.53. The highest BCUT2D eigenvalue weighted by atomic mass is 32.2. The van der Waals surface area contributed by atoms with E-state index in [0.717, 1.165) is 8.28 Å². The molecule has 0 radical (unpaired) electrons. The zero-order valence-electron chi connectivity index (χ0n) is 10.5.